The minimum absolute atomic E-state index is 0. The van der Waals surface area contributed by atoms with Gasteiger partial charge in [0.1, 0.15) is 11.5 Å². The van der Waals surface area contributed by atoms with E-state index in [1.165, 1.54) is 5.56 Å². The van der Waals surface area contributed by atoms with Crippen LogP contribution in [-0.2, 0) is 17.8 Å². The second kappa shape index (κ2) is 14.1. The number of hydrogen-bond donors (Lipinski definition) is 1. The zero-order valence-corrected chi connectivity index (χ0v) is 20.0. The van der Waals surface area contributed by atoms with Crippen molar-refractivity contribution in [1.82, 2.24) is 10.2 Å². The highest BCUT2D eigenvalue weighted by molar-refractivity contribution is 14.0. The molecule has 0 amide bonds. The molecule has 0 fully saturated rings. The average molecular weight is 513 g/mol. The van der Waals surface area contributed by atoms with Gasteiger partial charge in [0.2, 0.25) is 0 Å². The molecule has 0 aliphatic heterocycles. The molecule has 0 unspecified atom stereocenters. The van der Waals surface area contributed by atoms with Gasteiger partial charge in [0.05, 0.1) is 13.7 Å². The van der Waals surface area contributed by atoms with Crippen LogP contribution in [0.25, 0.3) is 0 Å². The summed E-state index contributed by atoms with van der Waals surface area (Å²) in [4.78, 5) is 6.48. The number of benzene rings is 2. The number of nitrogens with one attached hydrogen (secondary N) is 1. The van der Waals surface area contributed by atoms with E-state index in [0.717, 1.165) is 36.0 Å². The standard InChI is InChI=1S/C22H31N3O3.HI/c1-23-22(25(2)17-18-9-11-20(27-4)12-10-18)24-16-19-7-5-8-21(15-19)28-14-6-13-26-3;/h5,7-12,15H,6,13-14,16-17H2,1-4H3,(H,23,24);1H. The van der Waals surface area contributed by atoms with Crippen molar-refractivity contribution in [3.63, 3.8) is 0 Å². The van der Waals surface area contributed by atoms with E-state index in [1.54, 1.807) is 21.3 Å². The van der Waals surface area contributed by atoms with Gasteiger partial charge in [-0.2, -0.15) is 0 Å². The Balaban J connectivity index is 0.00000420. The van der Waals surface area contributed by atoms with E-state index in [1.807, 2.05) is 31.3 Å². The largest absolute Gasteiger partial charge is 0.497 e. The van der Waals surface area contributed by atoms with Crippen LogP contribution in [-0.4, -0.2) is 52.4 Å². The molecular formula is C22H32IN3O3. The number of nitrogens with zero attached hydrogens (tertiary/aromatic N) is 2. The highest BCUT2D eigenvalue weighted by Gasteiger charge is 2.07. The molecule has 0 heterocycles. The van der Waals surface area contributed by atoms with Crippen LogP contribution >= 0.6 is 24.0 Å². The highest BCUT2D eigenvalue weighted by Crippen LogP contribution is 2.14. The van der Waals surface area contributed by atoms with E-state index in [9.17, 15) is 0 Å². The van der Waals surface area contributed by atoms with Gasteiger partial charge in [-0.3, -0.25) is 4.99 Å². The molecule has 0 atom stereocenters. The third kappa shape index (κ3) is 8.91. The molecule has 0 aliphatic rings. The van der Waals surface area contributed by atoms with Crippen LogP contribution in [0.1, 0.15) is 17.5 Å². The first-order valence-corrected chi connectivity index (χ1v) is 9.41. The summed E-state index contributed by atoms with van der Waals surface area (Å²) in [5, 5.41) is 3.41. The quantitative estimate of drug-likeness (QED) is 0.226. The predicted octanol–water partition coefficient (Wildman–Crippen LogP) is 3.94. The first-order valence-electron chi connectivity index (χ1n) is 9.41. The molecule has 2 rings (SSSR count). The van der Waals surface area contributed by atoms with Crippen molar-refractivity contribution in [3.05, 3.63) is 59.7 Å². The van der Waals surface area contributed by atoms with Crippen molar-refractivity contribution in [3.8, 4) is 11.5 Å². The number of halogens is 1. The summed E-state index contributed by atoms with van der Waals surface area (Å²) in [5.41, 5.74) is 2.33. The third-order valence-electron chi connectivity index (χ3n) is 4.26. The molecule has 29 heavy (non-hydrogen) atoms. The van der Waals surface area contributed by atoms with Gasteiger partial charge in [-0.05, 0) is 35.4 Å². The SMILES string of the molecule is CN=C(NCc1cccc(OCCCOC)c1)N(C)Cc1ccc(OC)cc1.I. The van der Waals surface area contributed by atoms with Crippen molar-refractivity contribution in [2.45, 2.75) is 19.5 Å². The molecule has 2 aromatic carbocycles. The fraction of sp³-hybridized carbons (Fsp3) is 0.409. The Kier molecular flexibility index (Phi) is 12.1. The summed E-state index contributed by atoms with van der Waals surface area (Å²) in [7, 11) is 7.19. The Morgan fingerprint density at radius 1 is 1.00 bits per heavy atom. The summed E-state index contributed by atoms with van der Waals surface area (Å²) in [6.45, 7) is 2.79. The molecule has 0 saturated heterocycles. The van der Waals surface area contributed by atoms with Crippen LogP contribution in [0.5, 0.6) is 11.5 Å². The number of rotatable bonds is 10. The van der Waals surface area contributed by atoms with Gasteiger partial charge in [0, 0.05) is 47.3 Å². The van der Waals surface area contributed by atoms with Gasteiger partial charge in [0.25, 0.3) is 0 Å². The topological polar surface area (TPSA) is 55.3 Å². The maximum Gasteiger partial charge on any atom is 0.193 e. The van der Waals surface area contributed by atoms with E-state index in [4.69, 9.17) is 14.2 Å². The van der Waals surface area contributed by atoms with Gasteiger partial charge in [-0.15, -0.1) is 24.0 Å². The van der Waals surface area contributed by atoms with Crippen LogP contribution < -0.4 is 14.8 Å². The van der Waals surface area contributed by atoms with E-state index in [2.05, 4.69) is 39.5 Å². The van der Waals surface area contributed by atoms with Crippen LogP contribution in [0, 0.1) is 0 Å². The molecule has 0 aliphatic carbocycles. The number of ether oxygens (including phenoxy) is 3. The Labute approximate surface area is 191 Å². The van der Waals surface area contributed by atoms with Crippen LogP contribution in [0.3, 0.4) is 0 Å². The predicted molar refractivity (Wildman–Crippen MR) is 129 cm³/mol. The van der Waals surface area contributed by atoms with Gasteiger partial charge >= 0.3 is 0 Å². The summed E-state index contributed by atoms with van der Waals surface area (Å²) >= 11 is 0. The Morgan fingerprint density at radius 3 is 2.41 bits per heavy atom. The van der Waals surface area contributed by atoms with Gasteiger partial charge in [0.15, 0.2) is 5.96 Å². The summed E-state index contributed by atoms with van der Waals surface area (Å²) < 4.78 is 16.0. The maximum atomic E-state index is 5.77. The second-order valence-electron chi connectivity index (χ2n) is 6.45. The normalized spacial score (nSPS) is 10.8. The van der Waals surface area contributed by atoms with E-state index in [0.29, 0.717) is 19.8 Å². The van der Waals surface area contributed by atoms with Crippen molar-refractivity contribution < 1.29 is 14.2 Å². The smallest absolute Gasteiger partial charge is 0.193 e. The molecule has 0 bridgehead atoms. The van der Waals surface area contributed by atoms with Gasteiger partial charge in [-0.25, -0.2) is 0 Å². The first-order chi connectivity index (χ1) is 13.7. The van der Waals surface area contributed by atoms with Gasteiger partial charge < -0.3 is 24.4 Å². The number of aliphatic imine (C=N–C) groups is 1. The van der Waals surface area contributed by atoms with Crippen LogP contribution in [0.2, 0.25) is 0 Å². The van der Waals surface area contributed by atoms with Gasteiger partial charge in [-0.1, -0.05) is 24.3 Å². The molecule has 0 saturated carbocycles. The maximum absolute atomic E-state index is 5.77. The lowest BCUT2D eigenvalue weighted by atomic mass is 10.2. The number of methoxy groups -OCH3 is 2. The minimum atomic E-state index is 0. The van der Waals surface area contributed by atoms with Crippen LogP contribution in [0.15, 0.2) is 53.5 Å². The third-order valence-corrected chi connectivity index (χ3v) is 4.26. The highest BCUT2D eigenvalue weighted by atomic mass is 127. The summed E-state index contributed by atoms with van der Waals surface area (Å²) in [6, 6.07) is 16.2. The molecular weight excluding hydrogens is 481 g/mol. The number of hydrogen-bond acceptors (Lipinski definition) is 4. The zero-order valence-electron chi connectivity index (χ0n) is 17.7. The molecule has 2 aromatic rings. The van der Waals surface area contributed by atoms with Crippen molar-refractivity contribution >= 4 is 29.9 Å². The number of guanidine groups is 1. The van der Waals surface area contributed by atoms with Crippen molar-refractivity contribution in [2.24, 2.45) is 4.99 Å². The second-order valence-corrected chi connectivity index (χ2v) is 6.45. The Morgan fingerprint density at radius 2 is 1.76 bits per heavy atom. The lowest BCUT2D eigenvalue weighted by Gasteiger charge is -2.22. The van der Waals surface area contributed by atoms with E-state index >= 15 is 0 Å². The van der Waals surface area contributed by atoms with Crippen molar-refractivity contribution in [1.29, 1.82) is 0 Å². The lowest BCUT2D eigenvalue weighted by molar-refractivity contribution is 0.172. The van der Waals surface area contributed by atoms with Crippen molar-refractivity contribution in [2.75, 3.05) is 41.5 Å². The Bertz CT molecular complexity index is 738. The van der Waals surface area contributed by atoms with Crippen LogP contribution in [0.4, 0.5) is 0 Å². The lowest BCUT2D eigenvalue weighted by Crippen LogP contribution is -2.38. The molecule has 7 heteroatoms. The molecule has 1 N–H and O–H groups in total. The molecule has 6 nitrogen and oxygen atoms in total. The Hall–Kier alpha value is -2.00. The summed E-state index contributed by atoms with van der Waals surface area (Å²) in [5.74, 6) is 2.57. The molecule has 160 valence electrons. The van der Waals surface area contributed by atoms with E-state index < -0.39 is 0 Å². The summed E-state index contributed by atoms with van der Waals surface area (Å²) in [6.07, 6.45) is 0.877. The fourth-order valence-electron chi connectivity index (χ4n) is 2.78. The average Bonchev–Trinajstić information content (AvgIpc) is 2.72. The minimum Gasteiger partial charge on any atom is -0.497 e. The molecule has 0 spiro atoms. The molecule has 0 aromatic heterocycles. The molecule has 0 radical (unpaired) electrons. The fourth-order valence-corrected chi connectivity index (χ4v) is 2.78. The zero-order chi connectivity index (χ0) is 20.2. The first kappa shape index (κ1) is 25.0. The monoisotopic (exact) mass is 513 g/mol. The van der Waals surface area contributed by atoms with E-state index in [-0.39, 0.29) is 24.0 Å².